The van der Waals surface area contributed by atoms with Gasteiger partial charge in [0.05, 0.1) is 6.10 Å². The van der Waals surface area contributed by atoms with E-state index >= 15 is 0 Å². The molecule has 2 unspecified atom stereocenters. The van der Waals surface area contributed by atoms with Crippen molar-refractivity contribution in [2.75, 3.05) is 26.2 Å². The molecular weight excluding hydrogens is 518 g/mol. The molecule has 4 rings (SSSR count). The van der Waals surface area contributed by atoms with Crippen molar-refractivity contribution >= 4 is 40.8 Å². The number of ether oxygens (including phenoxy) is 1. The molecule has 1 aliphatic heterocycles. The second-order valence-corrected chi connectivity index (χ2v) is 8.00. The lowest BCUT2D eigenvalue weighted by atomic mass is 9.89. The summed E-state index contributed by atoms with van der Waals surface area (Å²) in [6.07, 6.45) is 5.09. The van der Waals surface area contributed by atoms with Crippen LogP contribution in [-0.2, 0) is 11.2 Å². The topological polar surface area (TPSA) is 61.4 Å². The van der Waals surface area contributed by atoms with Crippen molar-refractivity contribution in [1.29, 1.82) is 0 Å². The van der Waals surface area contributed by atoms with Gasteiger partial charge >= 0.3 is 0 Å². The van der Waals surface area contributed by atoms with Gasteiger partial charge in [0.1, 0.15) is 5.82 Å². The average molecular weight is 550 g/mol. The second-order valence-electron chi connectivity index (χ2n) is 8.00. The summed E-state index contributed by atoms with van der Waals surface area (Å²) in [5, 5.41) is 7.85. The number of aromatic amines is 1. The largest absolute Gasteiger partial charge is 0.373 e. The van der Waals surface area contributed by atoms with Crippen LogP contribution in [0.4, 0.5) is 4.39 Å². The van der Waals surface area contributed by atoms with E-state index in [4.69, 9.17) is 9.73 Å². The highest BCUT2D eigenvalue weighted by Gasteiger charge is 2.27. The number of benzene rings is 2. The quantitative estimate of drug-likeness (QED) is 0.216. The number of H-pyrrole nitrogens is 1. The van der Waals surface area contributed by atoms with Crippen LogP contribution in [0.25, 0.3) is 10.9 Å². The van der Waals surface area contributed by atoms with E-state index in [2.05, 4.69) is 46.8 Å². The molecule has 1 aliphatic rings. The monoisotopic (exact) mass is 550 g/mol. The van der Waals surface area contributed by atoms with Crippen LogP contribution < -0.4 is 10.6 Å². The molecule has 1 aromatic heterocycles. The number of fused-ring (bicyclic) bond motifs is 1. The van der Waals surface area contributed by atoms with E-state index in [0.717, 1.165) is 62.4 Å². The summed E-state index contributed by atoms with van der Waals surface area (Å²) in [5.74, 6) is 0.974. The summed E-state index contributed by atoms with van der Waals surface area (Å²) in [6.45, 7) is 5.16. The van der Waals surface area contributed by atoms with E-state index in [-0.39, 0.29) is 35.9 Å². The Balaban J connectivity index is 0.00000289. The van der Waals surface area contributed by atoms with Crippen LogP contribution in [0, 0.1) is 11.7 Å². The van der Waals surface area contributed by atoms with E-state index in [1.54, 1.807) is 0 Å². The summed E-state index contributed by atoms with van der Waals surface area (Å²) in [5.41, 5.74) is 3.24. The summed E-state index contributed by atoms with van der Waals surface area (Å²) in [7, 11) is 0. The third-order valence-corrected chi connectivity index (χ3v) is 5.82. The third kappa shape index (κ3) is 6.22. The Kier molecular flexibility index (Phi) is 9.35. The van der Waals surface area contributed by atoms with Gasteiger partial charge in [0.2, 0.25) is 0 Å². The number of halogens is 2. The lowest BCUT2D eigenvalue weighted by Crippen LogP contribution is -2.39. The molecule has 0 amide bonds. The number of rotatable bonds is 7. The second kappa shape index (κ2) is 12.2. The lowest BCUT2D eigenvalue weighted by molar-refractivity contribution is -0.0250. The first-order valence-electron chi connectivity index (χ1n) is 11.2. The van der Waals surface area contributed by atoms with Crippen molar-refractivity contribution in [1.82, 2.24) is 15.6 Å². The fourth-order valence-corrected chi connectivity index (χ4v) is 4.27. The number of nitrogens with zero attached hydrogens (tertiary/aromatic N) is 1. The van der Waals surface area contributed by atoms with Crippen molar-refractivity contribution < 1.29 is 9.13 Å². The molecule has 7 heteroatoms. The highest BCUT2D eigenvalue weighted by Crippen LogP contribution is 2.33. The molecule has 1 fully saturated rings. The molecule has 0 aliphatic carbocycles. The van der Waals surface area contributed by atoms with Crippen molar-refractivity contribution in [3.05, 3.63) is 71.7 Å². The lowest BCUT2D eigenvalue weighted by Gasteiger charge is -2.31. The first-order chi connectivity index (χ1) is 15.2. The van der Waals surface area contributed by atoms with E-state index in [9.17, 15) is 4.39 Å². The van der Waals surface area contributed by atoms with Gasteiger partial charge in [-0.2, -0.15) is 0 Å². The SMILES string of the molecule is CCNC(=NCC1CCCOC1c1ccccc1)NCCc1c[nH]c2cc(F)ccc12.I. The number of nitrogens with one attached hydrogen (secondary N) is 3. The maximum Gasteiger partial charge on any atom is 0.191 e. The zero-order chi connectivity index (χ0) is 21.5. The number of aliphatic imine (C=N–C) groups is 1. The van der Waals surface area contributed by atoms with Crippen molar-refractivity contribution in [2.45, 2.75) is 32.3 Å². The molecule has 172 valence electrons. The normalized spacial score (nSPS) is 18.9. The van der Waals surface area contributed by atoms with Gasteiger partial charge in [-0.1, -0.05) is 30.3 Å². The van der Waals surface area contributed by atoms with Gasteiger partial charge < -0.3 is 20.4 Å². The van der Waals surface area contributed by atoms with Crippen LogP contribution >= 0.6 is 24.0 Å². The van der Waals surface area contributed by atoms with Gasteiger partial charge in [0.15, 0.2) is 5.96 Å². The predicted molar refractivity (Wildman–Crippen MR) is 139 cm³/mol. The minimum atomic E-state index is -0.221. The van der Waals surface area contributed by atoms with E-state index in [1.807, 2.05) is 18.3 Å². The van der Waals surface area contributed by atoms with Crippen LogP contribution in [0.2, 0.25) is 0 Å². The van der Waals surface area contributed by atoms with E-state index in [1.165, 1.54) is 23.3 Å². The van der Waals surface area contributed by atoms with Crippen LogP contribution in [0.1, 0.15) is 37.0 Å². The summed E-state index contributed by atoms with van der Waals surface area (Å²) < 4.78 is 19.5. The summed E-state index contributed by atoms with van der Waals surface area (Å²) in [6, 6.07) is 15.3. The standard InChI is InChI=1S/C25H31FN4O.HI/c1-2-27-25(28-13-12-19-16-29-23-15-21(26)10-11-22(19)23)30-17-20-9-6-14-31-24(20)18-7-4-3-5-8-18;/h3-5,7-8,10-11,15-16,20,24,29H,2,6,9,12-14,17H2,1H3,(H2,27,28,30);1H. The van der Waals surface area contributed by atoms with Crippen molar-refractivity contribution in [3.63, 3.8) is 0 Å². The molecule has 1 saturated heterocycles. The van der Waals surface area contributed by atoms with E-state index < -0.39 is 0 Å². The van der Waals surface area contributed by atoms with Gasteiger partial charge in [0, 0.05) is 49.3 Å². The van der Waals surface area contributed by atoms with Gasteiger partial charge in [-0.05, 0) is 55.5 Å². The Labute approximate surface area is 206 Å². The zero-order valence-electron chi connectivity index (χ0n) is 18.4. The van der Waals surface area contributed by atoms with Crippen LogP contribution in [0.5, 0.6) is 0 Å². The first-order valence-corrected chi connectivity index (χ1v) is 11.2. The number of guanidine groups is 1. The van der Waals surface area contributed by atoms with Crippen molar-refractivity contribution in [2.24, 2.45) is 10.9 Å². The number of hydrogen-bond acceptors (Lipinski definition) is 2. The van der Waals surface area contributed by atoms with Gasteiger partial charge in [-0.15, -0.1) is 24.0 Å². The molecule has 5 nitrogen and oxygen atoms in total. The fourth-order valence-electron chi connectivity index (χ4n) is 4.27. The minimum Gasteiger partial charge on any atom is -0.373 e. The van der Waals surface area contributed by atoms with Gasteiger partial charge in [0.25, 0.3) is 0 Å². The molecule has 0 spiro atoms. The smallest absolute Gasteiger partial charge is 0.191 e. The number of hydrogen-bond donors (Lipinski definition) is 3. The Hall–Kier alpha value is -2.13. The van der Waals surface area contributed by atoms with Gasteiger partial charge in [-0.3, -0.25) is 4.99 Å². The molecular formula is C25H32FIN4O. The maximum atomic E-state index is 13.4. The first kappa shape index (κ1) is 24.5. The summed E-state index contributed by atoms with van der Waals surface area (Å²) in [4.78, 5) is 8.02. The maximum absolute atomic E-state index is 13.4. The van der Waals surface area contributed by atoms with Crippen LogP contribution in [-0.4, -0.2) is 37.2 Å². The van der Waals surface area contributed by atoms with Crippen molar-refractivity contribution in [3.8, 4) is 0 Å². The molecule has 2 heterocycles. The number of aromatic nitrogens is 1. The summed E-state index contributed by atoms with van der Waals surface area (Å²) >= 11 is 0. The molecule has 0 radical (unpaired) electrons. The van der Waals surface area contributed by atoms with Crippen LogP contribution in [0.3, 0.4) is 0 Å². The molecule has 0 bridgehead atoms. The Morgan fingerprint density at radius 2 is 2.03 bits per heavy atom. The zero-order valence-corrected chi connectivity index (χ0v) is 20.8. The van der Waals surface area contributed by atoms with Crippen LogP contribution in [0.15, 0.2) is 59.7 Å². The third-order valence-electron chi connectivity index (χ3n) is 5.82. The van der Waals surface area contributed by atoms with E-state index in [0.29, 0.717) is 5.92 Å². The minimum absolute atomic E-state index is 0. The molecule has 3 N–H and O–H groups in total. The predicted octanol–water partition coefficient (Wildman–Crippen LogP) is 5.19. The highest BCUT2D eigenvalue weighted by molar-refractivity contribution is 14.0. The molecule has 0 saturated carbocycles. The molecule has 32 heavy (non-hydrogen) atoms. The molecule has 2 atom stereocenters. The Morgan fingerprint density at radius 3 is 2.84 bits per heavy atom. The highest BCUT2D eigenvalue weighted by atomic mass is 127. The van der Waals surface area contributed by atoms with Gasteiger partial charge in [-0.25, -0.2) is 4.39 Å². The molecule has 3 aromatic rings. The Bertz CT molecular complexity index is 1010. The Morgan fingerprint density at radius 1 is 1.19 bits per heavy atom. The fraction of sp³-hybridized carbons (Fsp3) is 0.400. The molecule has 2 aromatic carbocycles. The average Bonchev–Trinajstić information content (AvgIpc) is 3.20.